The van der Waals surface area contributed by atoms with Crippen LogP contribution in [0.3, 0.4) is 0 Å². The lowest BCUT2D eigenvalue weighted by atomic mass is 9.46. The van der Waals surface area contributed by atoms with E-state index in [1.165, 1.54) is 32.1 Å². The molecule has 4 rings (SSSR count). The van der Waals surface area contributed by atoms with Crippen molar-refractivity contribution in [2.75, 3.05) is 0 Å². The number of allylic oxidation sites excluding steroid dienone is 2. The quantitative estimate of drug-likeness (QED) is 0.407. The monoisotopic (exact) mass is 430 g/mol. The van der Waals surface area contributed by atoms with E-state index in [0.29, 0.717) is 35.5 Å². The Hall–Kier alpha value is -0.830. The molecule has 9 atom stereocenters. The van der Waals surface area contributed by atoms with Crippen LogP contribution >= 0.6 is 0 Å². The first-order valence-electron chi connectivity index (χ1n) is 13.0. The predicted octanol–water partition coefficient (Wildman–Crippen LogP) is 6.54. The molecule has 0 aromatic carbocycles. The molecular formula is C28H46O3. The lowest BCUT2D eigenvalue weighted by molar-refractivity contribution is -0.155. The van der Waals surface area contributed by atoms with Gasteiger partial charge < -0.3 is 9.84 Å². The van der Waals surface area contributed by atoms with Crippen LogP contribution in [-0.4, -0.2) is 22.8 Å². The Balaban J connectivity index is 1.46. The van der Waals surface area contributed by atoms with Crippen LogP contribution in [0.15, 0.2) is 12.2 Å². The van der Waals surface area contributed by atoms with Crippen molar-refractivity contribution < 1.29 is 14.6 Å². The number of hydrogen-bond acceptors (Lipinski definition) is 3. The van der Waals surface area contributed by atoms with Crippen molar-refractivity contribution in [3.8, 4) is 0 Å². The van der Waals surface area contributed by atoms with Crippen molar-refractivity contribution in [2.45, 2.75) is 111 Å². The summed E-state index contributed by atoms with van der Waals surface area (Å²) in [6.45, 7) is 13.3. The van der Waals surface area contributed by atoms with Gasteiger partial charge in [-0.15, -0.1) is 0 Å². The van der Waals surface area contributed by atoms with Gasteiger partial charge in [-0.1, -0.05) is 32.9 Å². The zero-order valence-electron chi connectivity index (χ0n) is 20.8. The van der Waals surface area contributed by atoms with Crippen molar-refractivity contribution in [3.63, 3.8) is 0 Å². The molecule has 31 heavy (non-hydrogen) atoms. The van der Waals surface area contributed by atoms with Crippen LogP contribution in [-0.2, 0) is 9.53 Å². The minimum atomic E-state index is -0.393. The average molecular weight is 431 g/mol. The third-order valence-electron chi connectivity index (χ3n) is 10.1. The Kier molecular flexibility index (Phi) is 6.16. The zero-order chi connectivity index (χ0) is 22.6. The van der Waals surface area contributed by atoms with Gasteiger partial charge in [0, 0.05) is 6.42 Å². The Bertz CT molecular complexity index is 706. The molecule has 1 N–H and O–H groups in total. The summed E-state index contributed by atoms with van der Waals surface area (Å²) in [7, 11) is 0. The number of fused-ring (bicyclic) bond motifs is 5. The summed E-state index contributed by atoms with van der Waals surface area (Å²) in [4.78, 5) is 12.3. The summed E-state index contributed by atoms with van der Waals surface area (Å²) < 4.78 is 5.55. The van der Waals surface area contributed by atoms with E-state index in [-0.39, 0.29) is 17.5 Å². The number of ether oxygens (including phenoxy) is 1. The fraction of sp³-hybridized carbons (Fsp3) is 0.893. The number of aliphatic hydroxyl groups is 1. The van der Waals surface area contributed by atoms with Crippen LogP contribution in [0.25, 0.3) is 0 Å². The first-order valence-corrected chi connectivity index (χ1v) is 13.0. The average Bonchev–Trinajstić information content (AvgIpc) is 3.02. The third kappa shape index (κ3) is 4.25. The topological polar surface area (TPSA) is 46.5 Å². The molecule has 0 saturated heterocycles. The highest BCUT2D eigenvalue weighted by molar-refractivity contribution is 5.69. The zero-order valence-corrected chi connectivity index (χ0v) is 20.8. The summed E-state index contributed by atoms with van der Waals surface area (Å²) in [5, 5.41) is 10.2. The Morgan fingerprint density at radius 3 is 2.61 bits per heavy atom. The van der Waals surface area contributed by atoms with Crippen LogP contribution in [0.2, 0.25) is 0 Å². The van der Waals surface area contributed by atoms with E-state index in [1.54, 1.807) is 0 Å². The number of hydrogen-bond donors (Lipinski definition) is 1. The van der Waals surface area contributed by atoms with E-state index >= 15 is 0 Å². The van der Waals surface area contributed by atoms with Gasteiger partial charge in [0.1, 0.15) is 5.60 Å². The minimum absolute atomic E-state index is 0.0518. The minimum Gasteiger partial charge on any atom is -0.460 e. The molecule has 3 saturated carbocycles. The number of carbonyl (C=O) groups excluding carboxylic acids is 1. The molecule has 0 spiro atoms. The smallest absolute Gasteiger partial charge is 0.306 e. The van der Waals surface area contributed by atoms with Crippen LogP contribution in [0.5, 0.6) is 0 Å². The molecule has 0 aromatic heterocycles. The summed E-state index contributed by atoms with van der Waals surface area (Å²) in [5.41, 5.74) is 0.252. The molecule has 176 valence electrons. The molecule has 0 aliphatic heterocycles. The van der Waals surface area contributed by atoms with Gasteiger partial charge in [-0.2, -0.15) is 0 Å². The third-order valence-corrected chi connectivity index (χ3v) is 10.1. The highest BCUT2D eigenvalue weighted by Gasteiger charge is 2.58. The summed E-state index contributed by atoms with van der Waals surface area (Å²) >= 11 is 0. The second kappa shape index (κ2) is 8.19. The van der Waals surface area contributed by atoms with Crippen LogP contribution in [0.1, 0.15) is 99.3 Å². The Morgan fingerprint density at radius 2 is 1.90 bits per heavy atom. The van der Waals surface area contributed by atoms with Crippen molar-refractivity contribution in [3.05, 3.63) is 12.2 Å². The van der Waals surface area contributed by atoms with E-state index in [2.05, 4.69) is 32.9 Å². The van der Waals surface area contributed by atoms with Gasteiger partial charge in [0.25, 0.3) is 0 Å². The first-order chi connectivity index (χ1) is 14.4. The maximum atomic E-state index is 12.3. The van der Waals surface area contributed by atoms with E-state index in [1.807, 2.05) is 20.8 Å². The molecule has 0 bridgehead atoms. The summed E-state index contributed by atoms with van der Waals surface area (Å²) in [6.07, 6.45) is 15.1. The highest BCUT2D eigenvalue weighted by Crippen LogP contribution is 2.66. The molecule has 0 heterocycles. The lowest BCUT2D eigenvalue weighted by Gasteiger charge is -2.58. The largest absolute Gasteiger partial charge is 0.460 e. The second-order valence-electron chi connectivity index (χ2n) is 13.0. The number of rotatable bonds is 4. The molecule has 0 radical (unpaired) electrons. The van der Waals surface area contributed by atoms with E-state index in [9.17, 15) is 9.90 Å². The van der Waals surface area contributed by atoms with Crippen molar-refractivity contribution >= 4 is 5.97 Å². The van der Waals surface area contributed by atoms with Gasteiger partial charge in [-0.25, -0.2) is 0 Å². The van der Waals surface area contributed by atoms with E-state index in [4.69, 9.17) is 4.74 Å². The lowest BCUT2D eigenvalue weighted by Crippen LogP contribution is -2.52. The fourth-order valence-electron chi connectivity index (χ4n) is 8.49. The summed E-state index contributed by atoms with van der Waals surface area (Å²) in [5.74, 6) is 4.11. The fourth-order valence-corrected chi connectivity index (χ4v) is 8.49. The highest BCUT2D eigenvalue weighted by atomic mass is 16.6. The Labute approximate surface area is 190 Å². The van der Waals surface area contributed by atoms with Gasteiger partial charge in [-0.05, 0) is 118 Å². The SMILES string of the molecule is C[C@H](CCC(=O)OC(C)(C)C)C1CCC2C3CCC4C[C@H](O)CCC4(C)[C@H]3C=CC21C. The molecule has 3 fully saturated rings. The molecule has 3 heteroatoms. The van der Waals surface area contributed by atoms with Gasteiger partial charge >= 0.3 is 5.97 Å². The molecule has 6 unspecified atom stereocenters. The molecule has 0 aromatic rings. The normalized spacial score (nSPS) is 45.4. The van der Waals surface area contributed by atoms with Crippen molar-refractivity contribution in [1.29, 1.82) is 0 Å². The predicted molar refractivity (Wildman–Crippen MR) is 125 cm³/mol. The van der Waals surface area contributed by atoms with Crippen LogP contribution in [0, 0.1) is 46.3 Å². The van der Waals surface area contributed by atoms with Crippen molar-refractivity contribution in [1.82, 2.24) is 0 Å². The first kappa shape index (κ1) is 23.3. The number of aliphatic hydroxyl groups excluding tert-OH is 1. The maximum Gasteiger partial charge on any atom is 0.306 e. The molecule has 0 amide bonds. The molecule has 3 nitrogen and oxygen atoms in total. The Morgan fingerprint density at radius 1 is 1.16 bits per heavy atom. The maximum absolute atomic E-state index is 12.3. The van der Waals surface area contributed by atoms with Gasteiger partial charge in [0.2, 0.25) is 0 Å². The second-order valence-corrected chi connectivity index (χ2v) is 13.0. The molecular weight excluding hydrogens is 384 g/mol. The van der Waals surface area contributed by atoms with Crippen molar-refractivity contribution in [2.24, 2.45) is 46.3 Å². The molecule has 4 aliphatic carbocycles. The van der Waals surface area contributed by atoms with Crippen LogP contribution in [0.4, 0.5) is 0 Å². The van der Waals surface area contributed by atoms with Gasteiger partial charge in [0.05, 0.1) is 6.10 Å². The van der Waals surface area contributed by atoms with E-state index in [0.717, 1.165) is 31.1 Å². The van der Waals surface area contributed by atoms with Gasteiger partial charge in [0.15, 0.2) is 0 Å². The number of esters is 1. The van der Waals surface area contributed by atoms with E-state index < -0.39 is 5.60 Å². The molecule has 4 aliphatic rings. The number of carbonyl (C=O) groups is 1. The van der Waals surface area contributed by atoms with Crippen LogP contribution < -0.4 is 0 Å². The van der Waals surface area contributed by atoms with Gasteiger partial charge in [-0.3, -0.25) is 4.79 Å². The standard InChI is InChI=1S/C28H46O3/c1-18(7-12-25(30)31-26(2,3)4)22-10-11-23-21-9-8-19-17-20(29)13-15-27(19,5)24(21)14-16-28(22,23)6/h14,16,18-24,29H,7-13,15,17H2,1-6H3/t18-,19?,20-,21?,22?,23?,24+,27?,28?/m1/s1. The summed E-state index contributed by atoms with van der Waals surface area (Å²) in [6, 6.07) is 0.